The lowest BCUT2D eigenvalue weighted by Gasteiger charge is -2.08. The standard InChI is InChI=1S/C19H21N3O3/c1-11(2)25-19(24)16-12(3)17(22-13(16)4)18(23)21-10-15-7-5-14(9-20)6-8-15/h5-8,11,22H,10H2,1-4H3,(H,21,23). The third-order valence-electron chi connectivity index (χ3n) is 3.75. The normalized spacial score (nSPS) is 10.4. The molecule has 0 bridgehead atoms. The fraction of sp³-hybridized carbons (Fsp3) is 0.316. The van der Waals surface area contributed by atoms with Gasteiger partial charge in [0.2, 0.25) is 0 Å². The van der Waals surface area contributed by atoms with Crippen molar-refractivity contribution >= 4 is 11.9 Å². The molecule has 6 nitrogen and oxygen atoms in total. The van der Waals surface area contributed by atoms with Crippen molar-refractivity contribution in [1.29, 1.82) is 5.26 Å². The number of aromatic nitrogens is 1. The number of nitrogens with zero attached hydrogens (tertiary/aromatic N) is 1. The molecule has 1 heterocycles. The van der Waals surface area contributed by atoms with Crippen molar-refractivity contribution in [1.82, 2.24) is 10.3 Å². The molecule has 0 radical (unpaired) electrons. The summed E-state index contributed by atoms with van der Waals surface area (Å²) in [7, 11) is 0. The van der Waals surface area contributed by atoms with Crippen LogP contribution in [0.5, 0.6) is 0 Å². The van der Waals surface area contributed by atoms with Crippen molar-refractivity contribution in [2.24, 2.45) is 0 Å². The van der Waals surface area contributed by atoms with E-state index in [2.05, 4.69) is 10.3 Å². The second-order valence-electron chi connectivity index (χ2n) is 6.07. The minimum atomic E-state index is -0.438. The maximum atomic E-state index is 12.4. The van der Waals surface area contributed by atoms with Gasteiger partial charge in [0.05, 0.1) is 23.3 Å². The number of rotatable bonds is 5. The van der Waals surface area contributed by atoms with Crippen molar-refractivity contribution in [3.8, 4) is 6.07 Å². The molecule has 0 aliphatic heterocycles. The monoisotopic (exact) mass is 339 g/mol. The van der Waals surface area contributed by atoms with Crippen LogP contribution in [0.2, 0.25) is 0 Å². The fourth-order valence-electron chi connectivity index (χ4n) is 2.52. The average molecular weight is 339 g/mol. The minimum Gasteiger partial charge on any atom is -0.459 e. The molecule has 1 amide bonds. The first kappa shape index (κ1) is 18.3. The molecular weight excluding hydrogens is 318 g/mol. The van der Waals surface area contributed by atoms with Gasteiger partial charge in [-0.15, -0.1) is 0 Å². The summed E-state index contributed by atoms with van der Waals surface area (Å²) < 4.78 is 5.23. The zero-order valence-electron chi connectivity index (χ0n) is 14.8. The van der Waals surface area contributed by atoms with Crippen LogP contribution in [0.1, 0.15) is 57.1 Å². The van der Waals surface area contributed by atoms with Gasteiger partial charge < -0.3 is 15.0 Å². The molecular formula is C19H21N3O3. The molecule has 0 unspecified atom stereocenters. The Morgan fingerprint density at radius 2 is 1.88 bits per heavy atom. The van der Waals surface area contributed by atoms with Crippen LogP contribution in [0.15, 0.2) is 24.3 Å². The number of ether oxygens (including phenoxy) is 1. The number of aromatic amines is 1. The number of aryl methyl sites for hydroxylation is 1. The highest BCUT2D eigenvalue weighted by Gasteiger charge is 2.23. The number of nitriles is 1. The van der Waals surface area contributed by atoms with E-state index in [9.17, 15) is 9.59 Å². The zero-order chi connectivity index (χ0) is 18.6. The summed E-state index contributed by atoms with van der Waals surface area (Å²) in [5.74, 6) is -0.735. The Balaban J connectivity index is 2.11. The molecule has 130 valence electrons. The first-order valence-corrected chi connectivity index (χ1v) is 8.00. The number of hydrogen-bond acceptors (Lipinski definition) is 4. The second kappa shape index (κ2) is 7.67. The number of amides is 1. The first-order chi connectivity index (χ1) is 11.8. The van der Waals surface area contributed by atoms with E-state index in [1.807, 2.05) is 6.07 Å². The summed E-state index contributed by atoms with van der Waals surface area (Å²) >= 11 is 0. The quantitative estimate of drug-likeness (QED) is 0.819. The summed E-state index contributed by atoms with van der Waals surface area (Å²) in [6, 6.07) is 9.03. The molecule has 0 saturated heterocycles. The summed E-state index contributed by atoms with van der Waals surface area (Å²) in [6.45, 7) is 7.34. The number of benzene rings is 1. The Morgan fingerprint density at radius 1 is 1.24 bits per heavy atom. The largest absolute Gasteiger partial charge is 0.459 e. The van der Waals surface area contributed by atoms with Gasteiger partial charge in [-0.3, -0.25) is 4.79 Å². The molecule has 2 rings (SSSR count). The Hall–Kier alpha value is -3.07. The second-order valence-corrected chi connectivity index (χ2v) is 6.07. The zero-order valence-corrected chi connectivity index (χ0v) is 14.8. The van der Waals surface area contributed by atoms with Gasteiger partial charge in [-0.1, -0.05) is 12.1 Å². The number of nitrogens with one attached hydrogen (secondary N) is 2. The Labute approximate surface area is 146 Å². The highest BCUT2D eigenvalue weighted by molar-refractivity contribution is 6.00. The number of carbonyl (C=O) groups is 2. The van der Waals surface area contributed by atoms with Crippen LogP contribution in [-0.2, 0) is 11.3 Å². The van der Waals surface area contributed by atoms with E-state index in [1.54, 1.807) is 52.0 Å². The van der Waals surface area contributed by atoms with Crippen LogP contribution in [0.4, 0.5) is 0 Å². The van der Waals surface area contributed by atoms with E-state index in [0.717, 1.165) is 5.56 Å². The van der Waals surface area contributed by atoms with Gasteiger partial charge in [0.1, 0.15) is 5.69 Å². The topological polar surface area (TPSA) is 95.0 Å². The van der Waals surface area contributed by atoms with E-state index in [0.29, 0.717) is 34.6 Å². The van der Waals surface area contributed by atoms with Gasteiger partial charge in [0.15, 0.2) is 0 Å². The Morgan fingerprint density at radius 3 is 2.44 bits per heavy atom. The predicted octanol–water partition coefficient (Wildman–Crippen LogP) is 3.00. The van der Waals surface area contributed by atoms with E-state index in [1.165, 1.54) is 0 Å². The van der Waals surface area contributed by atoms with Crippen molar-refractivity contribution in [2.45, 2.75) is 40.3 Å². The number of hydrogen-bond donors (Lipinski definition) is 2. The lowest BCUT2D eigenvalue weighted by atomic mass is 10.1. The molecule has 2 N–H and O–H groups in total. The third kappa shape index (κ3) is 4.27. The van der Waals surface area contributed by atoms with Crippen LogP contribution in [0.3, 0.4) is 0 Å². The summed E-state index contributed by atoms with van der Waals surface area (Å²) in [5.41, 5.74) is 3.37. The molecule has 0 aliphatic carbocycles. The molecule has 0 fully saturated rings. The van der Waals surface area contributed by atoms with E-state index in [-0.39, 0.29) is 12.0 Å². The number of carbonyl (C=O) groups excluding carboxylic acids is 2. The molecule has 0 atom stereocenters. The maximum Gasteiger partial charge on any atom is 0.340 e. The van der Waals surface area contributed by atoms with Crippen LogP contribution >= 0.6 is 0 Å². The predicted molar refractivity (Wildman–Crippen MR) is 93.1 cm³/mol. The highest BCUT2D eigenvalue weighted by Crippen LogP contribution is 2.19. The van der Waals surface area contributed by atoms with Gasteiger partial charge in [0.25, 0.3) is 5.91 Å². The SMILES string of the molecule is Cc1[nH]c(C(=O)NCc2ccc(C#N)cc2)c(C)c1C(=O)OC(C)C. The minimum absolute atomic E-state index is 0.227. The average Bonchev–Trinajstić information content (AvgIpc) is 2.87. The maximum absolute atomic E-state index is 12.4. The number of esters is 1. The molecule has 1 aromatic heterocycles. The Bertz CT molecular complexity index is 827. The van der Waals surface area contributed by atoms with Crippen LogP contribution in [0, 0.1) is 25.2 Å². The summed E-state index contributed by atoms with van der Waals surface area (Å²) in [4.78, 5) is 27.6. The van der Waals surface area contributed by atoms with Crippen LogP contribution < -0.4 is 5.32 Å². The third-order valence-corrected chi connectivity index (χ3v) is 3.75. The molecule has 0 saturated carbocycles. The highest BCUT2D eigenvalue weighted by atomic mass is 16.5. The summed E-state index contributed by atoms with van der Waals surface area (Å²) in [6.07, 6.45) is -0.227. The van der Waals surface area contributed by atoms with Gasteiger partial charge in [0, 0.05) is 12.2 Å². The molecule has 2 aromatic rings. The van der Waals surface area contributed by atoms with E-state index < -0.39 is 5.97 Å². The van der Waals surface area contributed by atoms with Gasteiger partial charge in [-0.05, 0) is 51.0 Å². The lowest BCUT2D eigenvalue weighted by molar-refractivity contribution is 0.0376. The fourth-order valence-corrected chi connectivity index (χ4v) is 2.52. The molecule has 1 aromatic carbocycles. The van der Waals surface area contributed by atoms with Gasteiger partial charge in [-0.25, -0.2) is 4.79 Å². The number of H-pyrrole nitrogens is 1. The smallest absolute Gasteiger partial charge is 0.340 e. The van der Waals surface area contributed by atoms with E-state index >= 15 is 0 Å². The Kier molecular flexibility index (Phi) is 5.60. The van der Waals surface area contributed by atoms with Crippen LogP contribution in [0.25, 0.3) is 0 Å². The molecule has 25 heavy (non-hydrogen) atoms. The van der Waals surface area contributed by atoms with E-state index in [4.69, 9.17) is 10.00 Å². The van der Waals surface area contributed by atoms with Crippen molar-refractivity contribution in [3.63, 3.8) is 0 Å². The van der Waals surface area contributed by atoms with Crippen molar-refractivity contribution in [3.05, 3.63) is 57.9 Å². The molecule has 0 aliphatic rings. The van der Waals surface area contributed by atoms with Crippen LogP contribution in [-0.4, -0.2) is 23.0 Å². The molecule has 0 spiro atoms. The lowest BCUT2D eigenvalue weighted by Crippen LogP contribution is -2.24. The van der Waals surface area contributed by atoms with Gasteiger partial charge in [-0.2, -0.15) is 5.26 Å². The van der Waals surface area contributed by atoms with Crippen molar-refractivity contribution in [2.75, 3.05) is 0 Å². The van der Waals surface area contributed by atoms with Crippen molar-refractivity contribution < 1.29 is 14.3 Å². The first-order valence-electron chi connectivity index (χ1n) is 8.00. The summed E-state index contributed by atoms with van der Waals surface area (Å²) in [5, 5.41) is 11.6. The molecule has 6 heteroatoms. The van der Waals surface area contributed by atoms with Gasteiger partial charge >= 0.3 is 5.97 Å².